The van der Waals surface area contributed by atoms with Gasteiger partial charge in [-0.25, -0.2) is 4.99 Å². The van der Waals surface area contributed by atoms with Crippen LogP contribution in [0.1, 0.15) is 43.7 Å². The third-order valence-electron chi connectivity index (χ3n) is 6.34. The van der Waals surface area contributed by atoms with Crippen molar-refractivity contribution in [2.75, 3.05) is 13.2 Å². The van der Waals surface area contributed by atoms with Gasteiger partial charge in [0.05, 0.1) is 12.6 Å². The normalized spacial score (nSPS) is 30.4. The number of ether oxygens (including phenoxy) is 1. The molecule has 3 unspecified atom stereocenters. The summed E-state index contributed by atoms with van der Waals surface area (Å²) in [5, 5.41) is 7.20. The van der Waals surface area contributed by atoms with E-state index in [2.05, 4.69) is 48.7 Å². The van der Waals surface area contributed by atoms with Gasteiger partial charge in [-0.15, -0.1) is 0 Å². The maximum atomic E-state index is 6.03. The van der Waals surface area contributed by atoms with Crippen LogP contribution < -0.4 is 10.6 Å². The molecule has 4 rings (SSSR count). The molecule has 130 valence electrons. The first-order valence-electron chi connectivity index (χ1n) is 9.45. The van der Waals surface area contributed by atoms with E-state index in [0.717, 1.165) is 25.7 Å². The molecule has 4 nitrogen and oxygen atoms in total. The Morgan fingerprint density at radius 3 is 2.88 bits per heavy atom. The minimum absolute atomic E-state index is 0.389. The highest BCUT2D eigenvalue weighted by Crippen LogP contribution is 2.62. The second kappa shape index (κ2) is 6.40. The number of hydrogen-bond donors (Lipinski definition) is 2. The molecule has 2 saturated carbocycles. The maximum absolute atomic E-state index is 6.03. The topological polar surface area (TPSA) is 45.7 Å². The Bertz CT molecular complexity index is 623. The second-order valence-electron chi connectivity index (χ2n) is 7.57. The summed E-state index contributed by atoms with van der Waals surface area (Å²) in [5.41, 5.74) is 2.99. The van der Waals surface area contributed by atoms with E-state index < -0.39 is 0 Å². The molecule has 3 atom stereocenters. The average molecular weight is 327 g/mol. The van der Waals surface area contributed by atoms with Crippen molar-refractivity contribution in [3.8, 4) is 0 Å². The molecule has 2 aliphatic carbocycles. The van der Waals surface area contributed by atoms with Crippen LogP contribution in [0.25, 0.3) is 0 Å². The number of benzene rings is 1. The maximum Gasteiger partial charge on any atom is 0.191 e. The minimum Gasteiger partial charge on any atom is -0.377 e. The van der Waals surface area contributed by atoms with E-state index in [1.807, 2.05) is 0 Å². The Balaban J connectivity index is 1.47. The van der Waals surface area contributed by atoms with Crippen LogP contribution in [0.15, 0.2) is 29.3 Å². The van der Waals surface area contributed by atoms with Crippen molar-refractivity contribution in [3.63, 3.8) is 0 Å². The lowest BCUT2D eigenvalue weighted by Gasteiger charge is -2.63. The van der Waals surface area contributed by atoms with E-state index in [4.69, 9.17) is 9.73 Å². The summed E-state index contributed by atoms with van der Waals surface area (Å²) >= 11 is 0. The van der Waals surface area contributed by atoms with E-state index in [1.165, 1.54) is 36.8 Å². The van der Waals surface area contributed by atoms with Gasteiger partial charge in [0.15, 0.2) is 5.96 Å². The van der Waals surface area contributed by atoms with Gasteiger partial charge in [0.2, 0.25) is 0 Å². The van der Waals surface area contributed by atoms with E-state index >= 15 is 0 Å². The van der Waals surface area contributed by atoms with Crippen LogP contribution in [0.3, 0.4) is 0 Å². The number of nitrogens with one attached hydrogen (secondary N) is 2. The zero-order chi connectivity index (χ0) is 16.6. The zero-order valence-electron chi connectivity index (χ0n) is 14.8. The van der Waals surface area contributed by atoms with Crippen LogP contribution >= 0.6 is 0 Å². The van der Waals surface area contributed by atoms with Crippen molar-refractivity contribution in [1.82, 2.24) is 10.6 Å². The zero-order valence-corrected chi connectivity index (χ0v) is 14.8. The highest BCUT2D eigenvalue weighted by Gasteiger charge is 2.66. The van der Waals surface area contributed by atoms with E-state index in [0.29, 0.717) is 23.5 Å². The number of aryl methyl sites for hydroxylation is 1. The molecule has 0 aromatic heterocycles. The lowest BCUT2D eigenvalue weighted by Crippen LogP contribution is -2.72. The number of aliphatic imine (C=N–C) groups is 1. The first kappa shape index (κ1) is 15.9. The largest absolute Gasteiger partial charge is 0.377 e. The van der Waals surface area contributed by atoms with Gasteiger partial charge in [-0.1, -0.05) is 30.7 Å². The third kappa shape index (κ3) is 2.52. The van der Waals surface area contributed by atoms with Crippen molar-refractivity contribution in [2.24, 2.45) is 16.3 Å². The van der Waals surface area contributed by atoms with Gasteiger partial charge in [-0.05, 0) is 44.2 Å². The molecule has 1 heterocycles. The number of hydrogen-bond acceptors (Lipinski definition) is 2. The molecule has 0 bridgehead atoms. The number of rotatable bonds is 4. The van der Waals surface area contributed by atoms with Crippen LogP contribution in [0.2, 0.25) is 0 Å². The van der Waals surface area contributed by atoms with Crippen LogP contribution in [0.4, 0.5) is 0 Å². The van der Waals surface area contributed by atoms with Crippen molar-refractivity contribution in [3.05, 3.63) is 35.4 Å². The van der Waals surface area contributed by atoms with Gasteiger partial charge in [0.1, 0.15) is 0 Å². The Morgan fingerprint density at radius 1 is 1.33 bits per heavy atom. The first-order chi connectivity index (χ1) is 11.7. The summed E-state index contributed by atoms with van der Waals surface area (Å²) < 4.78 is 6.03. The number of nitrogens with zero attached hydrogens (tertiary/aromatic N) is 1. The van der Waals surface area contributed by atoms with Crippen molar-refractivity contribution in [2.45, 2.75) is 58.2 Å². The quantitative estimate of drug-likeness (QED) is 0.660. The molecule has 0 radical (unpaired) electrons. The van der Waals surface area contributed by atoms with Crippen LogP contribution in [0.5, 0.6) is 0 Å². The van der Waals surface area contributed by atoms with Gasteiger partial charge >= 0.3 is 0 Å². The molecule has 3 aliphatic rings. The molecular weight excluding hydrogens is 298 g/mol. The molecule has 1 aromatic carbocycles. The lowest BCUT2D eigenvalue weighted by atomic mass is 9.46. The monoisotopic (exact) mass is 327 g/mol. The highest BCUT2D eigenvalue weighted by atomic mass is 16.5. The third-order valence-corrected chi connectivity index (χ3v) is 6.34. The number of fused-ring (bicyclic) bond motifs is 2. The van der Waals surface area contributed by atoms with Crippen LogP contribution in [-0.2, 0) is 11.3 Å². The predicted octanol–water partition coefficient (Wildman–Crippen LogP) is 3.01. The fourth-order valence-electron chi connectivity index (χ4n) is 4.87. The summed E-state index contributed by atoms with van der Waals surface area (Å²) in [5.74, 6) is 1.63. The summed E-state index contributed by atoms with van der Waals surface area (Å²) in [6.07, 6.45) is 5.66. The Morgan fingerprint density at radius 2 is 2.17 bits per heavy atom. The average Bonchev–Trinajstić information content (AvgIpc) is 2.95. The fourth-order valence-corrected chi connectivity index (χ4v) is 4.87. The molecule has 4 heteroatoms. The Hall–Kier alpha value is -1.55. The fraction of sp³-hybridized carbons (Fsp3) is 0.650. The molecule has 0 amide bonds. The summed E-state index contributed by atoms with van der Waals surface area (Å²) in [6.45, 7) is 6.84. The second-order valence-corrected chi connectivity index (χ2v) is 7.57. The predicted molar refractivity (Wildman–Crippen MR) is 97.0 cm³/mol. The summed E-state index contributed by atoms with van der Waals surface area (Å²) in [6, 6.07) is 9.03. The lowest BCUT2D eigenvalue weighted by molar-refractivity contribution is -0.171. The van der Waals surface area contributed by atoms with E-state index in [9.17, 15) is 0 Å². The highest BCUT2D eigenvalue weighted by molar-refractivity contribution is 5.80. The van der Waals surface area contributed by atoms with Crippen molar-refractivity contribution >= 4 is 5.96 Å². The standard InChI is InChI=1S/C20H29N3O/c1-3-21-19(22-13-15-8-5-4-7-14(15)2)23-17-16-9-12-24-18(16)20(17)10-6-11-20/h4-5,7-8,16-18H,3,6,9-13H2,1-2H3,(H2,21,22,23). The molecule has 2 N–H and O–H groups in total. The van der Waals surface area contributed by atoms with Gasteiger partial charge < -0.3 is 15.4 Å². The van der Waals surface area contributed by atoms with E-state index in [-0.39, 0.29) is 0 Å². The molecule has 1 saturated heterocycles. The smallest absolute Gasteiger partial charge is 0.191 e. The Labute approximate surface area is 145 Å². The molecule has 1 aliphatic heterocycles. The van der Waals surface area contributed by atoms with Crippen molar-refractivity contribution in [1.29, 1.82) is 0 Å². The molecule has 3 fully saturated rings. The van der Waals surface area contributed by atoms with Gasteiger partial charge in [-0.3, -0.25) is 0 Å². The molecular formula is C20H29N3O. The SMILES string of the molecule is CCNC(=NCc1ccccc1C)NC1C2CCOC2C12CCC2. The van der Waals surface area contributed by atoms with Crippen LogP contribution in [-0.4, -0.2) is 31.3 Å². The first-order valence-corrected chi connectivity index (χ1v) is 9.45. The minimum atomic E-state index is 0.389. The van der Waals surface area contributed by atoms with Gasteiger partial charge in [0.25, 0.3) is 0 Å². The summed E-state index contributed by atoms with van der Waals surface area (Å²) in [4.78, 5) is 4.86. The molecule has 24 heavy (non-hydrogen) atoms. The van der Waals surface area contributed by atoms with Crippen LogP contribution in [0, 0.1) is 18.3 Å². The van der Waals surface area contributed by atoms with E-state index in [1.54, 1.807) is 0 Å². The van der Waals surface area contributed by atoms with Gasteiger partial charge in [-0.2, -0.15) is 0 Å². The molecule has 1 aromatic rings. The molecule has 1 spiro atoms. The Kier molecular flexibility index (Phi) is 4.25. The van der Waals surface area contributed by atoms with Gasteiger partial charge in [0, 0.05) is 30.5 Å². The van der Waals surface area contributed by atoms with Crippen molar-refractivity contribution < 1.29 is 4.74 Å². The number of guanidine groups is 1. The summed E-state index contributed by atoms with van der Waals surface area (Å²) in [7, 11) is 0.